The van der Waals surface area contributed by atoms with Gasteiger partial charge in [0.15, 0.2) is 0 Å². The Morgan fingerprint density at radius 2 is 2.24 bits per heavy atom. The Labute approximate surface area is 116 Å². The minimum absolute atomic E-state index is 0.241. The quantitative estimate of drug-likeness (QED) is 0.847. The third-order valence-electron chi connectivity index (χ3n) is 2.15. The van der Waals surface area contributed by atoms with E-state index in [4.69, 9.17) is 9.84 Å². The van der Waals surface area contributed by atoms with Crippen molar-refractivity contribution in [3.05, 3.63) is 49.7 Å². The number of benzene rings is 1. The molecular weight excluding hydrogens is 351 g/mol. The highest BCUT2D eigenvalue weighted by Crippen LogP contribution is 2.23. The molecule has 3 nitrogen and oxygen atoms in total. The molecule has 0 unspecified atom stereocenters. The van der Waals surface area contributed by atoms with Crippen molar-refractivity contribution in [2.24, 2.45) is 0 Å². The summed E-state index contributed by atoms with van der Waals surface area (Å²) in [7, 11) is 0. The van der Waals surface area contributed by atoms with Crippen LogP contribution in [0.4, 0.5) is 0 Å². The normalized spacial score (nSPS) is 10.2. The van der Waals surface area contributed by atoms with Gasteiger partial charge in [-0.05, 0) is 63.2 Å². The van der Waals surface area contributed by atoms with Crippen LogP contribution in [0.3, 0.4) is 0 Å². The van der Waals surface area contributed by atoms with Crippen LogP contribution < -0.4 is 4.74 Å². The topological polar surface area (TPSA) is 46.5 Å². The summed E-state index contributed by atoms with van der Waals surface area (Å²) in [5.41, 5.74) is 1.33. The lowest BCUT2D eigenvalue weighted by Crippen LogP contribution is -2.00. The van der Waals surface area contributed by atoms with Crippen molar-refractivity contribution in [3.8, 4) is 5.75 Å². The van der Waals surface area contributed by atoms with Crippen molar-refractivity contribution in [2.75, 3.05) is 0 Å². The maximum absolute atomic E-state index is 10.8. The first-order chi connectivity index (χ1) is 8.16. The zero-order chi connectivity index (χ0) is 12.3. The first-order valence-corrected chi connectivity index (χ1v) is 6.85. The lowest BCUT2D eigenvalue weighted by molar-refractivity contribution is 0.0696. The van der Waals surface area contributed by atoms with Crippen LogP contribution in [-0.2, 0) is 6.61 Å². The predicted molar refractivity (Wildman–Crippen MR) is 74.8 cm³/mol. The van der Waals surface area contributed by atoms with Crippen LogP contribution >= 0.6 is 33.9 Å². The van der Waals surface area contributed by atoms with Gasteiger partial charge in [-0.2, -0.15) is 11.3 Å². The van der Waals surface area contributed by atoms with E-state index < -0.39 is 5.97 Å². The number of halogens is 1. The fourth-order valence-electron chi connectivity index (χ4n) is 1.28. The zero-order valence-corrected chi connectivity index (χ0v) is 11.7. The molecule has 1 heterocycles. The van der Waals surface area contributed by atoms with Gasteiger partial charge in [0.1, 0.15) is 12.4 Å². The van der Waals surface area contributed by atoms with Gasteiger partial charge in [-0.3, -0.25) is 0 Å². The molecule has 1 N–H and O–H groups in total. The Morgan fingerprint density at radius 1 is 1.41 bits per heavy atom. The van der Waals surface area contributed by atoms with Crippen LogP contribution in [0.5, 0.6) is 5.75 Å². The molecule has 5 heteroatoms. The summed E-state index contributed by atoms with van der Waals surface area (Å²) >= 11 is 3.74. The molecule has 0 saturated carbocycles. The lowest BCUT2D eigenvalue weighted by atomic mass is 10.2. The van der Waals surface area contributed by atoms with E-state index in [-0.39, 0.29) is 5.56 Å². The monoisotopic (exact) mass is 360 g/mol. The summed E-state index contributed by atoms with van der Waals surface area (Å²) in [5, 5.41) is 12.9. The second-order valence-electron chi connectivity index (χ2n) is 3.37. The fraction of sp³-hybridized carbons (Fsp3) is 0.0833. The van der Waals surface area contributed by atoms with E-state index in [2.05, 4.69) is 22.6 Å². The van der Waals surface area contributed by atoms with E-state index >= 15 is 0 Å². The highest BCUT2D eigenvalue weighted by Gasteiger charge is 2.08. The highest BCUT2D eigenvalue weighted by atomic mass is 127. The molecule has 0 aliphatic heterocycles. The van der Waals surface area contributed by atoms with Gasteiger partial charge >= 0.3 is 5.97 Å². The van der Waals surface area contributed by atoms with Gasteiger partial charge in [-0.15, -0.1) is 0 Å². The molecule has 0 aliphatic carbocycles. The average Bonchev–Trinajstić information content (AvgIpc) is 2.80. The standard InChI is InChI=1S/C12H9IO3S/c13-10-2-1-9(12(14)15)5-11(10)16-6-8-3-4-17-7-8/h1-5,7H,6H2,(H,14,15). The minimum atomic E-state index is -0.943. The molecule has 88 valence electrons. The highest BCUT2D eigenvalue weighted by molar-refractivity contribution is 14.1. The first kappa shape index (κ1) is 12.4. The van der Waals surface area contributed by atoms with E-state index in [0.717, 1.165) is 9.13 Å². The number of hydrogen-bond acceptors (Lipinski definition) is 3. The van der Waals surface area contributed by atoms with Gasteiger partial charge in [0, 0.05) is 0 Å². The number of ether oxygens (including phenoxy) is 1. The molecule has 2 rings (SSSR count). The second kappa shape index (κ2) is 5.50. The van der Waals surface area contributed by atoms with Gasteiger partial charge < -0.3 is 9.84 Å². The van der Waals surface area contributed by atoms with E-state index in [0.29, 0.717) is 12.4 Å². The number of carboxylic acid groups (broad SMARTS) is 1. The minimum Gasteiger partial charge on any atom is -0.488 e. The third-order valence-corrected chi connectivity index (χ3v) is 3.78. The van der Waals surface area contributed by atoms with E-state index in [9.17, 15) is 4.79 Å². The van der Waals surface area contributed by atoms with Crippen LogP contribution in [0.25, 0.3) is 0 Å². The van der Waals surface area contributed by atoms with Crippen LogP contribution in [0.15, 0.2) is 35.0 Å². The Balaban J connectivity index is 2.14. The van der Waals surface area contributed by atoms with Gasteiger partial charge in [0.2, 0.25) is 0 Å². The molecule has 0 amide bonds. The molecular formula is C12H9IO3S. The van der Waals surface area contributed by atoms with E-state index in [1.807, 2.05) is 16.8 Å². The summed E-state index contributed by atoms with van der Waals surface area (Å²) in [6.45, 7) is 0.461. The zero-order valence-electron chi connectivity index (χ0n) is 8.72. The predicted octanol–water partition coefficient (Wildman–Crippen LogP) is 3.63. The van der Waals surface area contributed by atoms with Gasteiger partial charge in [-0.25, -0.2) is 4.79 Å². The molecule has 17 heavy (non-hydrogen) atoms. The van der Waals surface area contributed by atoms with Gasteiger partial charge in [-0.1, -0.05) is 0 Å². The Kier molecular flexibility index (Phi) is 4.01. The van der Waals surface area contributed by atoms with Gasteiger partial charge in [0.05, 0.1) is 9.13 Å². The number of hydrogen-bond donors (Lipinski definition) is 1. The summed E-state index contributed by atoms with van der Waals surface area (Å²) in [6.07, 6.45) is 0. The molecule has 0 spiro atoms. The Bertz CT molecular complexity index is 523. The molecule has 2 aromatic rings. The summed E-state index contributed by atoms with van der Waals surface area (Å²) in [4.78, 5) is 10.8. The molecule has 0 atom stereocenters. The Morgan fingerprint density at radius 3 is 2.88 bits per heavy atom. The number of carbonyl (C=O) groups is 1. The van der Waals surface area contributed by atoms with Crippen molar-refractivity contribution in [1.29, 1.82) is 0 Å². The summed E-state index contributed by atoms with van der Waals surface area (Å²) in [6, 6.07) is 6.85. The molecule has 0 aliphatic rings. The fourth-order valence-corrected chi connectivity index (χ4v) is 2.43. The summed E-state index contributed by atoms with van der Waals surface area (Å²) < 4.78 is 6.51. The van der Waals surface area contributed by atoms with E-state index in [1.54, 1.807) is 29.5 Å². The number of carboxylic acids is 1. The smallest absolute Gasteiger partial charge is 0.335 e. The van der Waals surface area contributed by atoms with Crippen molar-refractivity contribution < 1.29 is 14.6 Å². The largest absolute Gasteiger partial charge is 0.488 e. The molecule has 0 saturated heterocycles. The number of aromatic carboxylic acids is 1. The molecule has 1 aromatic heterocycles. The Hall–Kier alpha value is -1.08. The summed E-state index contributed by atoms with van der Waals surface area (Å²) in [5.74, 6) is -0.335. The number of thiophene rings is 1. The van der Waals surface area contributed by atoms with Crippen LogP contribution in [-0.4, -0.2) is 11.1 Å². The van der Waals surface area contributed by atoms with Crippen molar-refractivity contribution in [1.82, 2.24) is 0 Å². The van der Waals surface area contributed by atoms with Crippen molar-refractivity contribution in [2.45, 2.75) is 6.61 Å². The number of rotatable bonds is 4. The maximum atomic E-state index is 10.8. The SMILES string of the molecule is O=C(O)c1ccc(I)c(OCc2ccsc2)c1. The second-order valence-corrected chi connectivity index (χ2v) is 5.31. The van der Waals surface area contributed by atoms with Crippen LogP contribution in [0.2, 0.25) is 0 Å². The van der Waals surface area contributed by atoms with Crippen molar-refractivity contribution >= 4 is 39.9 Å². The average molecular weight is 360 g/mol. The molecule has 0 fully saturated rings. The molecule has 0 bridgehead atoms. The first-order valence-electron chi connectivity index (χ1n) is 4.83. The lowest BCUT2D eigenvalue weighted by Gasteiger charge is -2.08. The van der Waals surface area contributed by atoms with E-state index in [1.165, 1.54) is 0 Å². The van der Waals surface area contributed by atoms with Gasteiger partial charge in [0.25, 0.3) is 0 Å². The molecule has 0 radical (unpaired) electrons. The van der Waals surface area contributed by atoms with Crippen LogP contribution in [0, 0.1) is 3.57 Å². The third kappa shape index (κ3) is 3.19. The van der Waals surface area contributed by atoms with Crippen LogP contribution in [0.1, 0.15) is 15.9 Å². The maximum Gasteiger partial charge on any atom is 0.335 e. The van der Waals surface area contributed by atoms with Crippen molar-refractivity contribution in [3.63, 3.8) is 0 Å². The molecule has 1 aromatic carbocycles.